The fourth-order valence-corrected chi connectivity index (χ4v) is 4.05. The molecular weight excluding hydrogens is 388 g/mol. The maximum atomic E-state index is 12.6. The molecule has 2 amide bonds. The number of rotatable bonds is 9. The highest BCUT2D eigenvalue weighted by Gasteiger charge is 2.19. The van der Waals surface area contributed by atoms with Gasteiger partial charge >= 0.3 is 0 Å². The first-order valence-electron chi connectivity index (χ1n) is 9.72. The topological polar surface area (TPSA) is 67.9 Å². The molecule has 154 valence electrons. The molecular formula is C22H26N2O4S. The van der Waals surface area contributed by atoms with E-state index in [0.29, 0.717) is 30.2 Å². The molecule has 2 aromatic rings. The Morgan fingerprint density at radius 2 is 1.83 bits per heavy atom. The van der Waals surface area contributed by atoms with Crippen LogP contribution in [-0.4, -0.2) is 55.8 Å². The zero-order valence-electron chi connectivity index (χ0n) is 16.6. The average Bonchev–Trinajstić information content (AvgIpc) is 3.30. The lowest BCUT2D eigenvalue weighted by Crippen LogP contribution is -2.30. The summed E-state index contributed by atoms with van der Waals surface area (Å²) in [5.74, 6) is 1.73. The van der Waals surface area contributed by atoms with Crippen molar-refractivity contribution in [2.75, 3.05) is 39.1 Å². The van der Waals surface area contributed by atoms with Crippen LogP contribution in [0.5, 0.6) is 11.5 Å². The molecule has 1 N–H and O–H groups in total. The van der Waals surface area contributed by atoms with Gasteiger partial charge in [-0.05, 0) is 37.1 Å². The number of thioether (sulfide) groups is 1. The van der Waals surface area contributed by atoms with Crippen LogP contribution in [0.3, 0.4) is 0 Å². The lowest BCUT2D eigenvalue weighted by atomic mass is 10.2. The Labute approximate surface area is 175 Å². The van der Waals surface area contributed by atoms with Gasteiger partial charge in [-0.25, -0.2) is 0 Å². The van der Waals surface area contributed by atoms with Gasteiger partial charge in [0, 0.05) is 24.1 Å². The van der Waals surface area contributed by atoms with Crippen molar-refractivity contribution in [2.45, 2.75) is 17.7 Å². The van der Waals surface area contributed by atoms with E-state index in [2.05, 4.69) is 5.32 Å². The number of carbonyl (C=O) groups is 2. The minimum atomic E-state index is -0.170. The largest absolute Gasteiger partial charge is 0.497 e. The second-order valence-corrected chi connectivity index (χ2v) is 7.67. The number of carbonyl (C=O) groups excluding carboxylic acids is 2. The summed E-state index contributed by atoms with van der Waals surface area (Å²) < 4.78 is 10.8. The second kappa shape index (κ2) is 10.8. The third kappa shape index (κ3) is 6.15. The first-order valence-corrected chi connectivity index (χ1v) is 10.7. The van der Waals surface area contributed by atoms with Gasteiger partial charge in [0.05, 0.1) is 25.0 Å². The van der Waals surface area contributed by atoms with E-state index >= 15 is 0 Å². The minimum Gasteiger partial charge on any atom is -0.497 e. The molecule has 0 unspecified atom stereocenters. The Morgan fingerprint density at radius 1 is 1.07 bits per heavy atom. The van der Waals surface area contributed by atoms with E-state index in [9.17, 15) is 9.59 Å². The molecule has 0 saturated carbocycles. The van der Waals surface area contributed by atoms with Gasteiger partial charge in [-0.2, -0.15) is 0 Å². The van der Waals surface area contributed by atoms with Gasteiger partial charge in [0.15, 0.2) is 0 Å². The predicted molar refractivity (Wildman–Crippen MR) is 114 cm³/mol. The minimum absolute atomic E-state index is 0.134. The van der Waals surface area contributed by atoms with Crippen LogP contribution in [-0.2, 0) is 4.79 Å². The van der Waals surface area contributed by atoms with Crippen LogP contribution in [0, 0.1) is 0 Å². The molecule has 7 heteroatoms. The normalized spacial score (nSPS) is 13.2. The highest BCUT2D eigenvalue weighted by molar-refractivity contribution is 8.00. The van der Waals surface area contributed by atoms with Crippen LogP contribution in [0.25, 0.3) is 0 Å². The highest BCUT2D eigenvalue weighted by atomic mass is 32.2. The third-order valence-electron chi connectivity index (χ3n) is 4.64. The summed E-state index contributed by atoms with van der Waals surface area (Å²) in [5, 5.41) is 2.88. The molecule has 6 nitrogen and oxygen atoms in total. The zero-order chi connectivity index (χ0) is 20.5. The Kier molecular flexibility index (Phi) is 7.81. The van der Waals surface area contributed by atoms with E-state index in [1.165, 1.54) is 11.8 Å². The zero-order valence-corrected chi connectivity index (χ0v) is 17.4. The van der Waals surface area contributed by atoms with Crippen molar-refractivity contribution >= 4 is 23.6 Å². The summed E-state index contributed by atoms with van der Waals surface area (Å²) in [6.45, 7) is 2.41. The standard InChI is InChI=1S/C22H26N2O4S/c1-27-17-7-6-8-18(15-17)28-14-11-23-22(26)19-9-2-3-10-20(19)29-16-21(25)24-12-4-5-13-24/h2-3,6-10,15H,4-5,11-14,16H2,1H3,(H,23,26). The molecule has 0 spiro atoms. The molecule has 0 bridgehead atoms. The fourth-order valence-electron chi connectivity index (χ4n) is 3.10. The van der Waals surface area contributed by atoms with Crippen LogP contribution in [0.1, 0.15) is 23.2 Å². The lowest BCUT2D eigenvalue weighted by molar-refractivity contribution is -0.127. The van der Waals surface area contributed by atoms with Gasteiger partial charge in [0.2, 0.25) is 5.91 Å². The highest BCUT2D eigenvalue weighted by Crippen LogP contribution is 2.24. The Morgan fingerprint density at radius 3 is 2.62 bits per heavy atom. The maximum Gasteiger partial charge on any atom is 0.252 e. The van der Waals surface area contributed by atoms with Crippen LogP contribution in [0.4, 0.5) is 0 Å². The lowest BCUT2D eigenvalue weighted by Gasteiger charge is -2.15. The maximum absolute atomic E-state index is 12.6. The van der Waals surface area contributed by atoms with Crippen LogP contribution in [0.2, 0.25) is 0 Å². The number of methoxy groups -OCH3 is 1. The monoisotopic (exact) mass is 414 g/mol. The van der Waals surface area contributed by atoms with Crippen molar-refractivity contribution in [2.24, 2.45) is 0 Å². The second-order valence-electron chi connectivity index (χ2n) is 6.66. The number of amides is 2. The van der Waals surface area contributed by atoms with Gasteiger partial charge in [0.25, 0.3) is 5.91 Å². The van der Waals surface area contributed by atoms with Crippen molar-refractivity contribution in [1.29, 1.82) is 0 Å². The Hall–Kier alpha value is -2.67. The summed E-state index contributed by atoms with van der Waals surface area (Å²) in [6, 6.07) is 14.7. The Balaban J connectivity index is 1.48. The molecule has 0 atom stereocenters. The average molecular weight is 415 g/mol. The van der Waals surface area contributed by atoms with Crippen LogP contribution < -0.4 is 14.8 Å². The number of hydrogen-bond donors (Lipinski definition) is 1. The molecule has 1 heterocycles. The fraction of sp³-hybridized carbons (Fsp3) is 0.364. The summed E-state index contributed by atoms with van der Waals surface area (Å²) >= 11 is 1.41. The SMILES string of the molecule is COc1cccc(OCCNC(=O)c2ccccc2SCC(=O)N2CCCC2)c1. The van der Waals surface area contributed by atoms with Gasteiger partial charge in [0.1, 0.15) is 18.1 Å². The quantitative estimate of drug-likeness (QED) is 0.504. The molecule has 29 heavy (non-hydrogen) atoms. The van der Waals surface area contributed by atoms with Crippen molar-refractivity contribution in [3.63, 3.8) is 0 Å². The van der Waals surface area contributed by atoms with Crippen molar-refractivity contribution in [1.82, 2.24) is 10.2 Å². The molecule has 2 aromatic carbocycles. The summed E-state index contributed by atoms with van der Waals surface area (Å²) in [5.41, 5.74) is 0.577. The first kappa shape index (κ1) is 21.0. The van der Waals surface area contributed by atoms with E-state index in [1.54, 1.807) is 19.2 Å². The summed E-state index contributed by atoms with van der Waals surface area (Å²) in [7, 11) is 1.60. The number of ether oxygens (including phenoxy) is 2. The van der Waals surface area contributed by atoms with Crippen molar-refractivity contribution in [3.8, 4) is 11.5 Å². The number of nitrogens with one attached hydrogen (secondary N) is 1. The molecule has 3 rings (SSSR count). The van der Waals surface area contributed by atoms with Crippen LogP contribution in [0.15, 0.2) is 53.4 Å². The first-order chi connectivity index (χ1) is 14.2. The molecule has 0 radical (unpaired) electrons. The number of benzene rings is 2. The van der Waals surface area contributed by atoms with E-state index in [1.807, 2.05) is 41.3 Å². The van der Waals surface area contributed by atoms with E-state index in [0.717, 1.165) is 36.6 Å². The number of likely N-dealkylation sites (tertiary alicyclic amines) is 1. The molecule has 1 saturated heterocycles. The summed E-state index contributed by atoms with van der Waals surface area (Å²) in [6.07, 6.45) is 2.15. The molecule has 0 aromatic heterocycles. The van der Waals surface area contributed by atoms with E-state index in [4.69, 9.17) is 9.47 Å². The number of nitrogens with zero attached hydrogens (tertiary/aromatic N) is 1. The van der Waals surface area contributed by atoms with Gasteiger partial charge < -0.3 is 19.7 Å². The molecule has 1 fully saturated rings. The van der Waals surface area contributed by atoms with E-state index in [-0.39, 0.29) is 11.8 Å². The van der Waals surface area contributed by atoms with Crippen molar-refractivity contribution in [3.05, 3.63) is 54.1 Å². The summed E-state index contributed by atoms with van der Waals surface area (Å²) in [4.78, 5) is 27.6. The smallest absolute Gasteiger partial charge is 0.252 e. The van der Waals surface area contributed by atoms with Crippen LogP contribution >= 0.6 is 11.8 Å². The molecule has 1 aliphatic heterocycles. The molecule has 0 aliphatic carbocycles. The Bertz CT molecular complexity index is 837. The molecule has 1 aliphatic rings. The van der Waals surface area contributed by atoms with E-state index < -0.39 is 0 Å². The van der Waals surface area contributed by atoms with Gasteiger partial charge in [-0.1, -0.05) is 18.2 Å². The van der Waals surface area contributed by atoms with Gasteiger partial charge in [-0.15, -0.1) is 11.8 Å². The predicted octanol–water partition coefficient (Wildman–Crippen LogP) is 3.22. The van der Waals surface area contributed by atoms with Gasteiger partial charge in [-0.3, -0.25) is 9.59 Å². The van der Waals surface area contributed by atoms with Crippen molar-refractivity contribution < 1.29 is 19.1 Å². The third-order valence-corrected chi connectivity index (χ3v) is 5.70. The number of hydrogen-bond acceptors (Lipinski definition) is 5.